The molecule has 0 fully saturated rings. The van der Waals surface area contributed by atoms with Crippen molar-refractivity contribution in [2.45, 2.75) is 18.9 Å². The third kappa shape index (κ3) is 1.36. The SMILES string of the molecule is CC1(N)CC=C(N)C=C1S. The summed E-state index contributed by atoms with van der Waals surface area (Å²) in [4.78, 5) is 0.854. The number of rotatable bonds is 0. The summed E-state index contributed by atoms with van der Waals surface area (Å²) in [6.45, 7) is 1.94. The average Bonchev–Trinajstić information content (AvgIpc) is 1.81. The number of hydrogen-bond donors (Lipinski definition) is 3. The topological polar surface area (TPSA) is 52.0 Å². The second-order valence-corrected chi connectivity index (χ2v) is 3.34. The predicted molar refractivity (Wildman–Crippen MR) is 46.5 cm³/mol. The lowest BCUT2D eigenvalue weighted by Crippen LogP contribution is -2.37. The molecule has 0 aromatic carbocycles. The summed E-state index contributed by atoms with van der Waals surface area (Å²) in [7, 11) is 0. The number of allylic oxidation sites excluding steroid dienone is 1. The van der Waals surface area contributed by atoms with Gasteiger partial charge in [-0.15, -0.1) is 12.6 Å². The lowest BCUT2D eigenvalue weighted by molar-refractivity contribution is 0.577. The van der Waals surface area contributed by atoms with E-state index in [1.165, 1.54) is 0 Å². The Bertz CT molecular complexity index is 204. The second-order valence-electron chi connectivity index (χ2n) is 2.86. The zero-order chi connectivity index (χ0) is 7.78. The summed E-state index contributed by atoms with van der Waals surface area (Å²) in [5.74, 6) is 0. The van der Waals surface area contributed by atoms with Crippen molar-refractivity contribution in [1.29, 1.82) is 0 Å². The van der Waals surface area contributed by atoms with E-state index in [0.717, 1.165) is 17.0 Å². The number of hydrogen-bond acceptors (Lipinski definition) is 3. The van der Waals surface area contributed by atoms with Gasteiger partial charge in [0.25, 0.3) is 0 Å². The largest absolute Gasteiger partial charge is 0.399 e. The van der Waals surface area contributed by atoms with Crippen molar-refractivity contribution in [1.82, 2.24) is 0 Å². The fourth-order valence-corrected chi connectivity index (χ4v) is 1.06. The van der Waals surface area contributed by atoms with Crippen LogP contribution in [0, 0.1) is 0 Å². The highest BCUT2D eigenvalue weighted by atomic mass is 32.1. The number of nitrogens with two attached hydrogens (primary N) is 2. The van der Waals surface area contributed by atoms with Crippen LogP contribution in [0.15, 0.2) is 22.8 Å². The standard InChI is InChI=1S/C7H12N2S/c1-7(9)3-2-5(8)4-6(7)10/h2,4,10H,3,8-9H2,1H3. The van der Waals surface area contributed by atoms with E-state index in [1.807, 2.05) is 13.0 Å². The molecule has 0 spiro atoms. The van der Waals surface area contributed by atoms with Crippen LogP contribution < -0.4 is 11.5 Å². The van der Waals surface area contributed by atoms with Crippen molar-refractivity contribution in [2.75, 3.05) is 0 Å². The quantitative estimate of drug-likeness (QED) is 0.454. The zero-order valence-corrected chi connectivity index (χ0v) is 6.86. The summed E-state index contributed by atoms with van der Waals surface area (Å²) in [5, 5.41) is 0. The van der Waals surface area contributed by atoms with Gasteiger partial charge < -0.3 is 11.5 Å². The van der Waals surface area contributed by atoms with Gasteiger partial charge in [0.05, 0.1) is 0 Å². The fraction of sp³-hybridized carbons (Fsp3) is 0.429. The molecule has 0 aliphatic heterocycles. The van der Waals surface area contributed by atoms with Gasteiger partial charge in [0.2, 0.25) is 0 Å². The maximum Gasteiger partial charge on any atom is 0.0474 e. The molecular formula is C7H12N2S. The van der Waals surface area contributed by atoms with Crippen LogP contribution in [-0.4, -0.2) is 5.54 Å². The average molecular weight is 156 g/mol. The molecule has 1 aliphatic carbocycles. The lowest BCUT2D eigenvalue weighted by atomic mass is 9.93. The molecule has 0 amide bonds. The van der Waals surface area contributed by atoms with Crippen LogP contribution in [0.3, 0.4) is 0 Å². The third-order valence-electron chi connectivity index (χ3n) is 1.65. The molecule has 4 N–H and O–H groups in total. The number of thiol groups is 1. The van der Waals surface area contributed by atoms with Crippen LogP contribution >= 0.6 is 12.6 Å². The van der Waals surface area contributed by atoms with Gasteiger partial charge in [0, 0.05) is 16.1 Å². The van der Waals surface area contributed by atoms with E-state index >= 15 is 0 Å². The van der Waals surface area contributed by atoms with Gasteiger partial charge in [-0.3, -0.25) is 0 Å². The van der Waals surface area contributed by atoms with Crippen molar-refractivity contribution in [2.24, 2.45) is 11.5 Å². The molecule has 56 valence electrons. The van der Waals surface area contributed by atoms with Gasteiger partial charge in [-0.05, 0) is 19.4 Å². The van der Waals surface area contributed by atoms with Crippen molar-refractivity contribution >= 4 is 12.6 Å². The van der Waals surface area contributed by atoms with E-state index in [1.54, 1.807) is 6.08 Å². The Labute approximate surface area is 66.4 Å². The minimum Gasteiger partial charge on any atom is -0.399 e. The van der Waals surface area contributed by atoms with Crippen LogP contribution in [0.2, 0.25) is 0 Å². The molecule has 0 aromatic heterocycles. The van der Waals surface area contributed by atoms with E-state index < -0.39 is 0 Å². The van der Waals surface area contributed by atoms with Crippen molar-refractivity contribution in [3.8, 4) is 0 Å². The minimum atomic E-state index is -0.314. The molecule has 1 rings (SSSR count). The van der Waals surface area contributed by atoms with Gasteiger partial charge >= 0.3 is 0 Å². The van der Waals surface area contributed by atoms with E-state index in [4.69, 9.17) is 11.5 Å². The Morgan fingerprint density at radius 3 is 2.70 bits per heavy atom. The molecule has 3 heteroatoms. The van der Waals surface area contributed by atoms with Crippen molar-refractivity contribution < 1.29 is 0 Å². The first-order valence-corrected chi connectivity index (χ1v) is 3.63. The normalized spacial score (nSPS) is 33.1. The zero-order valence-electron chi connectivity index (χ0n) is 5.96. The second kappa shape index (κ2) is 2.32. The minimum absolute atomic E-state index is 0.314. The summed E-state index contributed by atoms with van der Waals surface area (Å²) in [6, 6.07) is 0. The Morgan fingerprint density at radius 2 is 2.30 bits per heavy atom. The Kier molecular flexibility index (Phi) is 1.79. The van der Waals surface area contributed by atoms with E-state index in [9.17, 15) is 0 Å². The van der Waals surface area contributed by atoms with Crippen LogP contribution in [0.25, 0.3) is 0 Å². The molecule has 0 aromatic rings. The highest BCUT2D eigenvalue weighted by Crippen LogP contribution is 2.26. The summed E-state index contributed by atoms with van der Waals surface area (Å²) in [6.07, 6.45) is 4.49. The van der Waals surface area contributed by atoms with Crippen LogP contribution in [0.4, 0.5) is 0 Å². The molecule has 0 radical (unpaired) electrons. The first-order valence-electron chi connectivity index (χ1n) is 3.18. The summed E-state index contributed by atoms with van der Waals surface area (Å²) < 4.78 is 0. The van der Waals surface area contributed by atoms with E-state index in [-0.39, 0.29) is 5.54 Å². The monoisotopic (exact) mass is 156 g/mol. The molecule has 0 bridgehead atoms. The highest BCUT2D eigenvalue weighted by molar-refractivity contribution is 7.84. The fourth-order valence-electron chi connectivity index (χ4n) is 0.816. The molecule has 2 nitrogen and oxygen atoms in total. The maximum absolute atomic E-state index is 5.84. The first-order chi connectivity index (χ1) is 4.52. The lowest BCUT2D eigenvalue weighted by Gasteiger charge is -2.26. The Morgan fingerprint density at radius 1 is 1.70 bits per heavy atom. The van der Waals surface area contributed by atoms with Gasteiger partial charge in [0.15, 0.2) is 0 Å². The van der Waals surface area contributed by atoms with Crippen molar-refractivity contribution in [3.05, 3.63) is 22.8 Å². The molecule has 0 saturated heterocycles. The molecular weight excluding hydrogens is 144 g/mol. The summed E-state index contributed by atoms with van der Waals surface area (Å²) in [5.41, 5.74) is 11.8. The smallest absolute Gasteiger partial charge is 0.0474 e. The van der Waals surface area contributed by atoms with Gasteiger partial charge in [-0.1, -0.05) is 6.08 Å². The Hall–Kier alpha value is -0.410. The van der Waals surface area contributed by atoms with Gasteiger partial charge in [-0.2, -0.15) is 0 Å². The molecule has 0 saturated carbocycles. The van der Waals surface area contributed by atoms with E-state index in [0.29, 0.717) is 0 Å². The molecule has 1 unspecified atom stereocenters. The van der Waals surface area contributed by atoms with Gasteiger partial charge in [0.1, 0.15) is 0 Å². The van der Waals surface area contributed by atoms with E-state index in [2.05, 4.69) is 12.6 Å². The first kappa shape index (κ1) is 7.69. The maximum atomic E-state index is 5.84. The Balaban J connectivity index is 2.88. The van der Waals surface area contributed by atoms with Crippen LogP contribution in [-0.2, 0) is 0 Å². The van der Waals surface area contributed by atoms with Crippen LogP contribution in [0.5, 0.6) is 0 Å². The predicted octanol–water partition coefficient (Wildman–Crippen LogP) is 0.764. The summed E-state index contributed by atoms with van der Waals surface area (Å²) >= 11 is 4.22. The molecule has 1 atom stereocenters. The molecule has 10 heavy (non-hydrogen) atoms. The van der Waals surface area contributed by atoms with Crippen molar-refractivity contribution in [3.63, 3.8) is 0 Å². The molecule has 1 aliphatic rings. The van der Waals surface area contributed by atoms with Gasteiger partial charge in [-0.25, -0.2) is 0 Å². The van der Waals surface area contributed by atoms with Crippen LogP contribution in [0.1, 0.15) is 13.3 Å². The third-order valence-corrected chi connectivity index (χ3v) is 2.29. The highest BCUT2D eigenvalue weighted by Gasteiger charge is 2.22. The molecule has 0 heterocycles.